The molecule has 134 valence electrons. The van der Waals surface area contributed by atoms with Crippen molar-refractivity contribution in [2.24, 2.45) is 4.99 Å². The third-order valence-electron chi connectivity index (χ3n) is 4.27. The van der Waals surface area contributed by atoms with E-state index >= 15 is 0 Å². The van der Waals surface area contributed by atoms with E-state index in [4.69, 9.17) is 9.47 Å². The van der Waals surface area contributed by atoms with Crippen LogP contribution in [-0.4, -0.2) is 18.5 Å². The number of esters is 1. The molecule has 0 atom stereocenters. The molecule has 0 amide bonds. The fourth-order valence-electron chi connectivity index (χ4n) is 2.89. The van der Waals surface area contributed by atoms with Crippen LogP contribution in [0, 0.1) is 0 Å². The molecule has 4 rings (SSSR count). The topological polar surface area (TPSA) is 47.9 Å². The minimum absolute atomic E-state index is 0.292. The van der Waals surface area contributed by atoms with Crippen LogP contribution in [0.5, 0.6) is 5.75 Å². The van der Waals surface area contributed by atoms with Crippen molar-refractivity contribution in [3.63, 3.8) is 0 Å². The van der Waals surface area contributed by atoms with Crippen LogP contribution >= 0.6 is 0 Å². The Morgan fingerprint density at radius 3 is 2.56 bits per heavy atom. The van der Waals surface area contributed by atoms with Gasteiger partial charge in [0.25, 0.3) is 0 Å². The lowest BCUT2D eigenvalue weighted by molar-refractivity contribution is -0.129. The molecule has 0 radical (unpaired) electrons. The summed E-state index contributed by atoms with van der Waals surface area (Å²) < 4.78 is 10.9. The van der Waals surface area contributed by atoms with Gasteiger partial charge < -0.3 is 9.47 Å². The highest BCUT2D eigenvalue weighted by atomic mass is 16.6. The number of fused-ring (bicyclic) bond motifs is 1. The minimum Gasteiger partial charge on any atom is -0.494 e. The van der Waals surface area contributed by atoms with Crippen molar-refractivity contribution in [1.82, 2.24) is 0 Å². The first-order valence-electron chi connectivity index (χ1n) is 8.97. The molecular weight excluding hydrogens is 338 g/mol. The fraction of sp³-hybridized carbons (Fsp3) is 0.130. The van der Waals surface area contributed by atoms with Gasteiger partial charge in [0.2, 0.25) is 5.90 Å². The molecule has 0 aliphatic carbocycles. The maximum absolute atomic E-state index is 12.2. The molecule has 27 heavy (non-hydrogen) atoms. The number of benzene rings is 3. The van der Waals surface area contributed by atoms with E-state index in [1.54, 1.807) is 6.08 Å². The van der Waals surface area contributed by atoms with E-state index in [1.807, 2.05) is 66.7 Å². The third-order valence-corrected chi connectivity index (χ3v) is 4.27. The zero-order valence-electron chi connectivity index (χ0n) is 15.0. The molecule has 4 nitrogen and oxygen atoms in total. The summed E-state index contributed by atoms with van der Waals surface area (Å²) in [6, 6.07) is 21.5. The molecule has 1 aliphatic rings. The van der Waals surface area contributed by atoms with Crippen LogP contribution in [0.4, 0.5) is 0 Å². The van der Waals surface area contributed by atoms with E-state index in [9.17, 15) is 4.79 Å². The van der Waals surface area contributed by atoms with Crippen molar-refractivity contribution in [2.45, 2.75) is 13.3 Å². The van der Waals surface area contributed by atoms with Crippen LogP contribution < -0.4 is 4.74 Å². The van der Waals surface area contributed by atoms with Crippen LogP contribution in [0.2, 0.25) is 0 Å². The van der Waals surface area contributed by atoms with Crippen molar-refractivity contribution in [3.8, 4) is 5.75 Å². The molecule has 4 heteroatoms. The monoisotopic (exact) mass is 357 g/mol. The summed E-state index contributed by atoms with van der Waals surface area (Å²) in [6.07, 6.45) is 2.68. The smallest absolute Gasteiger partial charge is 0.363 e. The number of rotatable bonds is 5. The predicted octanol–water partition coefficient (Wildman–Crippen LogP) is 4.97. The number of carbonyl (C=O) groups is 1. The lowest BCUT2D eigenvalue weighted by atomic mass is 10.1. The van der Waals surface area contributed by atoms with Crippen molar-refractivity contribution < 1.29 is 14.3 Å². The van der Waals surface area contributed by atoms with E-state index in [2.05, 4.69) is 11.9 Å². The predicted molar refractivity (Wildman–Crippen MR) is 107 cm³/mol. The molecule has 0 N–H and O–H groups in total. The van der Waals surface area contributed by atoms with E-state index in [0.717, 1.165) is 34.1 Å². The zero-order valence-corrected chi connectivity index (χ0v) is 15.0. The van der Waals surface area contributed by atoms with Gasteiger partial charge in [0.15, 0.2) is 5.70 Å². The number of hydrogen-bond acceptors (Lipinski definition) is 4. The number of nitrogens with zero attached hydrogens (tertiary/aromatic N) is 1. The Kier molecular flexibility index (Phi) is 4.71. The van der Waals surface area contributed by atoms with Crippen molar-refractivity contribution in [1.29, 1.82) is 0 Å². The quantitative estimate of drug-likeness (QED) is 0.478. The van der Waals surface area contributed by atoms with E-state index in [0.29, 0.717) is 18.2 Å². The third kappa shape index (κ3) is 3.75. The average Bonchev–Trinajstić information content (AvgIpc) is 3.07. The summed E-state index contributed by atoms with van der Waals surface area (Å²) in [7, 11) is 0. The molecule has 0 unspecified atom stereocenters. The number of aliphatic imine (C=N–C) groups is 1. The Labute approximate surface area is 157 Å². The Morgan fingerprint density at radius 1 is 1.00 bits per heavy atom. The molecule has 0 saturated carbocycles. The van der Waals surface area contributed by atoms with Gasteiger partial charge in [-0.05, 0) is 53.1 Å². The maximum atomic E-state index is 12.2. The molecule has 0 fully saturated rings. The van der Waals surface area contributed by atoms with Crippen molar-refractivity contribution in [2.75, 3.05) is 6.61 Å². The van der Waals surface area contributed by atoms with Gasteiger partial charge in [-0.3, -0.25) is 0 Å². The lowest BCUT2D eigenvalue weighted by Gasteiger charge is -2.04. The van der Waals surface area contributed by atoms with Crippen LogP contribution in [0.1, 0.15) is 24.5 Å². The van der Waals surface area contributed by atoms with E-state index in [1.165, 1.54) is 0 Å². The van der Waals surface area contributed by atoms with Gasteiger partial charge in [-0.15, -0.1) is 0 Å². The average molecular weight is 357 g/mol. The lowest BCUT2D eigenvalue weighted by Crippen LogP contribution is -2.05. The molecule has 1 aliphatic heterocycles. The first-order chi connectivity index (χ1) is 13.2. The van der Waals surface area contributed by atoms with Gasteiger partial charge in [0.05, 0.1) is 6.61 Å². The summed E-state index contributed by atoms with van der Waals surface area (Å²) in [6.45, 7) is 2.75. The summed E-state index contributed by atoms with van der Waals surface area (Å²) in [4.78, 5) is 16.6. The Balaban J connectivity index is 1.59. The minimum atomic E-state index is -0.440. The first-order valence-corrected chi connectivity index (χ1v) is 8.97. The molecule has 1 heterocycles. The second-order valence-electron chi connectivity index (χ2n) is 6.32. The second-order valence-corrected chi connectivity index (χ2v) is 6.32. The van der Waals surface area contributed by atoms with Gasteiger partial charge in [-0.2, -0.15) is 0 Å². The standard InChI is InChI=1S/C23H19NO3/c1-2-13-26-20-11-7-16(8-12-20)14-21-23(25)27-22(24-21)19-10-9-17-5-3-4-6-18(17)15-19/h3-12,14-15H,2,13H2,1H3/b21-14-. The summed E-state index contributed by atoms with van der Waals surface area (Å²) in [5.41, 5.74) is 1.95. The van der Waals surface area contributed by atoms with Crippen molar-refractivity contribution >= 4 is 28.7 Å². The Hall–Kier alpha value is -3.40. The second kappa shape index (κ2) is 7.46. The van der Waals surface area contributed by atoms with Gasteiger partial charge in [-0.1, -0.05) is 49.4 Å². The van der Waals surface area contributed by atoms with Crippen LogP contribution in [0.25, 0.3) is 16.8 Å². The molecule has 0 bridgehead atoms. The van der Waals surface area contributed by atoms with Gasteiger partial charge in [0, 0.05) is 5.56 Å². The molecule has 0 aromatic heterocycles. The normalized spacial score (nSPS) is 15.1. The van der Waals surface area contributed by atoms with E-state index in [-0.39, 0.29) is 0 Å². The fourth-order valence-corrected chi connectivity index (χ4v) is 2.89. The number of hydrogen-bond donors (Lipinski definition) is 0. The maximum Gasteiger partial charge on any atom is 0.363 e. The largest absolute Gasteiger partial charge is 0.494 e. The molecule has 3 aromatic rings. The zero-order chi connectivity index (χ0) is 18.6. The Bertz CT molecular complexity index is 1050. The summed E-state index contributed by atoms with van der Waals surface area (Å²) >= 11 is 0. The Morgan fingerprint density at radius 2 is 1.78 bits per heavy atom. The molecule has 3 aromatic carbocycles. The highest BCUT2D eigenvalue weighted by Crippen LogP contribution is 2.23. The number of carbonyl (C=O) groups excluding carboxylic acids is 1. The molecule has 0 spiro atoms. The van der Waals surface area contributed by atoms with Crippen LogP contribution in [0.15, 0.2) is 77.4 Å². The SMILES string of the molecule is CCCOc1ccc(/C=C2\N=C(c3ccc4ccccc4c3)OC2=O)cc1. The van der Waals surface area contributed by atoms with Gasteiger partial charge in [0.1, 0.15) is 5.75 Å². The first kappa shape index (κ1) is 17.0. The van der Waals surface area contributed by atoms with E-state index < -0.39 is 5.97 Å². The molecular formula is C23H19NO3. The van der Waals surface area contributed by atoms with Crippen molar-refractivity contribution in [3.05, 3.63) is 83.6 Å². The highest BCUT2D eigenvalue weighted by Gasteiger charge is 2.24. The van der Waals surface area contributed by atoms with Gasteiger partial charge >= 0.3 is 5.97 Å². The highest BCUT2D eigenvalue weighted by molar-refractivity contribution is 6.13. The van der Waals surface area contributed by atoms with Crippen LogP contribution in [0.3, 0.4) is 0 Å². The molecule has 0 saturated heterocycles. The number of cyclic esters (lactones) is 1. The van der Waals surface area contributed by atoms with Gasteiger partial charge in [-0.25, -0.2) is 9.79 Å². The summed E-state index contributed by atoms with van der Waals surface area (Å²) in [5.74, 6) is 0.706. The summed E-state index contributed by atoms with van der Waals surface area (Å²) in [5, 5.41) is 2.21. The van der Waals surface area contributed by atoms with Crippen LogP contribution in [-0.2, 0) is 9.53 Å². The number of ether oxygens (including phenoxy) is 2.